The summed E-state index contributed by atoms with van der Waals surface area (Å²) in [5.74, 6) is 0.832. The highest BCUT2D eigenvalue weighted by molar-refractivity contribution is 5.92. The molecule has 1 amide bonds. The van der Waals surface area contributed by atoms with E-state index < -0.39 is 0 Å². The lowest BCUT2D eigenvalue weighted by molar-refractivity contribution is -0.117. The second kappa shape index (κ2) is 7.97. The van der Waals surface area contributed by atoms with E-state index in [0.717, 1.165) is 22.6 Å². The first-order chi connectivity index (χ1) is 11.4. The van der Waals surface area contributed by atoms with Crippen molar-refractivity contribution in [2.45, 2.75) is 27.3 Å². The van der Waals surface area contributed by atoms with Crippen molar-refractivity contribution in [3.8, 4) is 5.75 Å². The van der Waals surface area contributed by atoms with Crippen LogP contribution in [0.4, 0.5) is 5.69 Å². The number of ether oxygens (including phenoxy) is 1. The highest BCUT2D eigenvalue weighted by Crippen LogP contribution is 2.21. The maximum absolute atomic E-state index is 12.3. The van der Waals surface area contributed by atoms with Crippen LogP contribution in [0.15, 0.2) is 36.4 Å². The summed E-state index contributed by atoms with van der Waals surface area (Å²) in [5, 5.41) is 2.98. The number of carbonyl (C=O) groups excluding carboxylic acids is 1. The summed E-state index contributed by atoms with van der Waals surface area (Å²) >= 11 is 0. The number of likely N-dealkylation sites (N-methyl/N-ethyl adjacent to an activating group) is 1. The quantitative estimate of drug-likeness (QED) is 0.880. The van der Waals surface area contributed by atoms with E-state index in [0.29, 0.717) is 13.1 Å². The molecule has 0 heterocycles. The third-order valence-electron chi connectivity index (χ3n) is 3.95. The van der Waals surface area contributed by atoms with Gasteiger partial charge in [0, 0.05) is 17.8 Å². The Hall–Kier alpha value is -2.33. The maximum atomic E-state index is 12.3. The van der Waals surface area contributed by atoms with E-state index in [1.54, 1.807) is 7.11 Å². The summed E-state index contributed by atoms with van der Waals surface area (Å²) < 4.78 is 5.40. The van der Waals surface area contributed by atoms with E-state index in [1.165, 1.54) is 11.1 Å². The van der Waals surface area contributed by atoms with Crippen LogP contribution >= 0.6 is 0 Å². The van der Waals surface area contributed by atoms with Crippen molar-refractivity contribution in [2.24, 2.45) is 0 Å². The van der Waals surface area contributed by atoms with Gasteiger partial charge in [0.05, 0.1) is 13.7 Å². The van der Waals surface area contributed by atoms with Gasteiger partial charge < -0.3 is 10.1 Å². The van der Waals surface area contributed by atoms with Crippen molar-refractivity contribution >= 4 is 11.6 Å². The zero-order valence-corrected chi connectivity index (χ0v) is 15.1. The minimum absolute atomic E-state index is 0.0175. The molecule has 4 nitrogen and oxygen atoms in total. The van der Waals surface area contributed by atoms with Gasteiger partial charge in [-0.2, -0.15) is 0 Å². The lowest BCUT2D eigenvalue weighted by Crippen LogP contribution is -2.30. The molecule has 0 unspecified atom stereocenters. The van der Waals surface area contributed by atoms with E-state index in [9.17, 15) is 4.79 Å². The third kappa shape index (κ3) is 4.83. The van der Waals surface area contributed by atoms with Crippen LogP contribution in [0.5, 0.6) is 5.75 Å². The molecule has 0 saturated carbocycles. The molecule has 2 aromatic rings. The Labute approximate surface area is 144 Å². The first-order valence-corrected chi connectivity index (χ1v) is 8.08. The molecule has 2 rings (SSSR count). The van der Waals surface area contributed by atoms with Gasteiger partial charge in [-0.15, -0.1) is 0 Å². The molecule has 2 aromatic carbocycles. The summed E-state index contributed by atoms with van der Waals surface area (Å²) in [6.07, 6.45) is 0. The predicted molar refractivity (Wildman–Crippen MR) is 98.6 cm³/mol. The first kappa shape index (κ1) is 18.0. The molecule has 128 valence electrons. The van der Waals surface area contributed by atoms with Crippen molar-refractivity contribution in [1.29, 1.82) is 0 Å². The Morgan fingerprint density at radius 1 is 1.08 bits per heavy atom. The second-order valence-electron chi connectivity index (χ2n) is 6.35. The van der Waals surface area contributed by atoms with E-state index in [-0.39, 0.29) is 5.91 Å². The molecular formula is C20H26N2O2. The van der Waals surface area contributed by atoms with Gasteiger partial charge in [0.1, 0.15) is 5.75 Å². The zero-order valence-electron chi connectivity index (χ0n) is 15.1. The molecule has 0 fully saturated rings. The van der Waals surface area contributed by atoms with Gasteiger partial charge >= 0.3 is 0 Å². The summed E-state index contributed by atoms with van der Waals surface area (Å²) in [4.78, 5) is 14.3. The predicted octanol–water partition coefficient (Wildman–Crippen LogP) is 3.69. The molecule has 0 bridgehead atoms. The minimum atomic E-state index is -0.0175. The smallest absolute Gasteiger partial charge is 0.238 e. The molecule has 4 heteroatoms. The standard InChI is InChI=1S/C20H26N2O2/c1-14-6-8-18(16(3)10-14)21-20(23)13-22(4)12-17-11-15(2)7-9-19(17)24-5/h6-11H,12-13H2,1-5H3,(H,21,23). The Morgan fingerprint density at radius 2 is 1.75 bits per heavy atom. The number of hydrogen-bond donors (Lipinski definition) is 1. The number of amides is 1. The van der Waals surface area contributed by atoms with E-state index in [2.05, 4.69) is 24.4 Å². The molecule has 0 aliphatic heterocycles. The van der Waals surface area contributed by atoms with Crippen molar-refractivity contribution in [1.82, 2.24) is 4.90 Å². The Kier molecular flexibility index (Phi) is 5.99. The topological polar surface area (TPSA) is 41.6 Å². The van der Waals surface area contributed by atoms with Crippen LogP contribution in [-0.2, 0) is 11.3 Å². The van der Waals surface area contributed by atoms with Crippen LogP contribution < -0.4 is 10.1 Å². The fraction of sp³-hybridized carbons (Fsp3) is 0.350. The molecule has 0 aromatic heterocycles. The largest absolute Gasteiger partial charge is 0.496 e. The maximum Gasteiger partial charge on any atom is 0.238 e. The zero-order chi connectivity index (χ0) is 17.7. The van der Waals surface area contributed by atoms with Crippen LogP contribution in [0.25, 0.3) is 0 Å². The monoisotopic (exact) mass is 326 g/mol. The average Bonchev–Trinajstić information content (AvgIpc) is 2.50. The van der Waals surface area contributed by atoms with Gasteiger partial charge in [-0.05, 0) is 45.5 Å². The van der Waals surface area contributed by atoms with Gasteiger partial charge in [-0.1, -0.05) is 35.4 Å². The van der Waals surface area contributed by atoms with E-state index >= 15 is 0 Å². The number of rotatable bonds is 6. The number of aryl methyl sites for hydroxylation is 3. The lowest BCUT2D eigenvalue weighted by Gasteiger charge is -2.19. The molecule has 0 atom stereocenters. The second-order valence-corrected chi connectivity index (χ2v) is 6.35. The molecule has 24 heavy (non-hydrogen) atoms. The van der Waals surface area contributed by atoms with Gasteiger partial charge in [0.25, 0.3) is 0 Å². The summed E-state index contributed by atoms with van der Waals surface area (Å²) in [6, 6.07) is 12.1. The number of methoxy groups -OCH3 is 1. The van der Waals surface area contributed by atoms with Gasteiger partial charge in [0.2, 0.25) is 5.91 Å². The van der Waals surface area contributed by atoms with Crippen LogP contribution in [0.1, 0.15) is 22.3 Å². The van der Waals surface area contributed by atoms with Gasteiger partial charge in [0.15, 0.2) is 0 Å². The minimum Gasteiger partial charge on any atom is -0.496 e. The Bertz CT molecular complexity index is 726. The van der Waals surface area contributed by atoms with Crippen LogP contribution in [-0.4, -0.2) is 31.5 Å². The van der Waals surface area contributed by atoms with Gasteiger partial charge in [-0.25, -0.2) is 0 Å². The van der Waals surface area contributed by atoms with Crippen molar-refractivity contribution in [3.63, 3.8) is 0 Å². The molecular weight excluding hydrogens is 300 g/mol. The molecule has 0 spiro atoms. The van der Waals surface area contributed by atoms with Crippen LogP contribution in [0, 0.1) is 20.8 Å². The number of carbonyl (C=O) groups is 1. The number of hydrogen-bond acceptors (Lipinski definition) is 3. The third-order valence-corrected chi connectivity index (χ3v) is 3.95. The summed E-state index contributed by atoms with van der Waals surface area (Å²) in [7, 11) is 3.60. The molecule has 0 radical (unpaired) electrons. The van der Waals surface area contributed by atoms with E-state index in [4.69, 9.17) is 4.74 Å². The van der Waals surface area contributed by atoms with Crippen LogP contribution in [0.2, 0.25) is 0 Å². The Balaban J connectivity index is 1.98. The molecule has 1 N–H and O–H groups in total. The lowest BCUT2D eigenvalue weighted by atomic mass is 10.1. The highest BCUT2D eigenvalue weighted by atomic mass is 16.5. The average molecular weight is 326 g/mol. The number of benzene rings is 2. The number of nitrogens with zero attached hydrogens (tertiary/aromatic N) is 1. The SMILES string of the molecule is COc1ccc(C)cc1CN(C)CC(=O)Nc1ccc(C)cc1C. The van der Waals surface area contributed by atoms with Crippen molar-refractivity contribution in [2.75, 3.05) is 26.0 Å². The van der Waals surface area contributed by atoms with Crippen molar-refractivity contribution in [3.05, 3.63) is 58.7 Å². The van der Waals surface area contributed by atoms with Crippen LogP contribution in [0.3, 0.4) is 0 Å². The van der Waals surface area contributed by atoms with E-state index in [1.807, 2.05) is 50.1 Å². The first-order valence-electron chi connectivity index (χ1n) is 8.08. The molecule has 0 aliphatic carbocycles. The molecule has 0 saturated heterocycles. The highest BCUT2D eigenvalue weighted by Gasteiger charge is 2.11. The summed E-state index contributed by atoms with van der Waals surface area (Å²) in [6.45, 7) is 7.08. The number of anilines is 1. The Morgan fingerprint density at radius 3 is 2.42 bits per heavy atom. The molecule has 0 aliphatic rings. The fourth-order valence-corrected chi connectivity index (χ4v) is 2.77. The van der Waals surface area contributed by atoms with Crippen molar-refractivity contribution < 1.29 is 9.53 Å². The fourth-order valence-electron chi connectivity index (χ4n) is 2.77. The summed E-state index contributed by atoms with van der Waals surface area (Å²) in [5.41, 5.74) is 5.39. The van der Waals surface area contributed by atoms with Gasteiger partial charge in [-0.3, -0.25) is 9.69 Å². The normalized spacial score (nSPS) is 10.8. The number of nitrogens with one attached hydrogen (secondary N) is 1.